The number of aryl methyl sites for hydroxylation is 1. The Morgan fingerprint density at radius 2 is 1.74 bits per heavy atom. The van der Waals surface area contributed by atoms with Crippen LogP contribution in [-0.2, 0) is 6.61 Å². The summed E-state index contributed by atoms with van der Waals surface area (Å²) in [5.74, 6) is 0.399. The molecular formula is C32H25Cl3N4O3S. The van der Waals surface area contributed by atoms with Crippen molar-refractivity contribution in [3.8, 4) is 22.8 Å². The second-order valence-corrected chi connectivity index (χ2v) is 11.5. The highest BCUT2D eigenvalue weighted by Gasteiger charge is 2.14. The van der Waals surface area contributed by atoms with Gasteiger partial charge >= 0.3 is 0 Å². The minimum absolute atomic E-state index is 0.169. The lowest BCUT2D eigenvalue weighted by molar-refractivity contribution is 0.0955. The summed E-state index contributed by atoms with van der Waals surface area (Å²) in [6.07, 6.45) is 1.47. The molecular weight excluding hydrogens is 627 g/mol. The largest absolute Gasteiger partial charge is 0.493 e. The van der Waals surface area contributed by atoms with Crippen LogP contribution in [0.4, 0.5) is 10.8 Å². The number of rotatable bonds is 10. The molecule has 0 aliphatic rings. The molecule has 1 heterocycles. The van der Waals surface area contributed by atoms with E-state index >= 15 is 0 Å². The summed E-state index contributed by atoms with van der Waals surface area (Å²) in [7, 11) is 1.51. The van der Waals surface area contributed by atoms with Gasteiger partial charge in [0.15, 0.2) is 16.6 Å². The number of carbonyl (C=O) groups excluding carboxylic acids is 1. The Morgan fingerprint density at radius 3 is 2.47 bits per heavy atom. The molecule has 0 saturated carbocycles. The molecule has 2 N–H and O–H groups in total. The number of halogens is 3. The summed E-state index contributed by atoms with van der Waals surface area (Å²) in [5, 5.41) is 11.5. The van der Waals surface area contributed by atoms with Gasteiger partial charge in [-0.3, -0.25) is 4.79 Å². The van der Waals surface area contributed by atoms with Crippen molar-refractivity contribution in [1.82, 2.24) is 10.4 Å². The van der Waals surface area contributed by atoms with Crippen LogP contribution in [0.25, 0.3) is 11.3 Å². The Balaban J connectivity index is 1.19. The molecule has 1 amide bonds. The van der Waals surface area contributed by atoms with Crippen molar-refractivity contribution in [2.45, 2.75) is 13.5 Å². The number of nitrogens with one attached hydrogen (secondary N) is 2. The number of methoxy groups -OCH3 is 1. The fourth-order valence-corrected chi connectivity index (χ4v) is 5.47. The first kappa shape index (κ1) is 30.4. The number of anilines is 2. The minimum atomic E-state index is -0.360. The van der Waals surface area contributed by atoms with Crippen LogP contribution in [0.5, 0.6) is 11.5 Å². The lowest BCUT2D eigenvalue weighted by atomic mass is 10.1. The van der Waals surface area contributed by atoms with E-state index < -0.39 is 0 Å². The number of thiazole rings is 1. The van der Waals surface area contributed by atoms with E-state index in [1.54, 1.807) is 42.5 Å². The van der Waals surface area contributed by atoms with Crippen LogP contribution >= 0.6 is 46.1 Å². The molecule has 218 valence electrons. The molecule has 4 aromatic carbocycles. The van der Waals surface area contributed by atoms with Crippen LogP contribution in [0.15, 0.2) is 89.3 Å². The molecule has 0 aliphatic heterocycles. The van der Waals surface area contributed by atoms with Gasteiger partial charge in [-0.1, -0.05) is 70.7 Å². The summed E-state index contributed by atoms with van der Waals surface area (Å²) in [4.78, 5) is 17.3. The topological polar surface area (TPSA) is 84.8 Å². The molecule has 0 spiro atoms. The van der Waals surface area contributed by atoms with Crippen LogP contribution in [0.2, 0.25) is 15.1 Å². The standard InChI is InChI=1S/C32H25Cl3N4O3S/c1-19-3-11-25(12-4-19)37-32-38-28(18-43-32)21-5-7-22(8-6-21)31(40)39-36-16-20-13-27(35)30(29(14-20)41-2)42-17-23-9-10-24(33)15-26(23)34/h3-16,18H,17H2,1-2H3,(H,37,38)(H,39,40)/b36-16-. The van der Waals surface area contributed by atoms with Crippen LogP contribution in [-0.4, -0.2) is 24.2 Å². The van der Waals surface area contributed by atoms with Gasteiger partial charge < -0.3 is 14.8 Å². The Labute approximate surface area is 268 Å². The summed E-state index contributed by atoms with van der Waals surface area (Å²) in [6, 6.07) is 23.8. The van der Waals surface area contributed by atoms with E-state index in [-0.39, 0.29) is 12.5 Å². The highest BCUT2D eigenvalue weighted by molar-refractivity contribution is 7.14. The van der Waals surface area contributed by atoms with E-state index in [0.29, 0.717) is 37.7 Å². The number of carbonyl (C=O) groups is 1. The summed E-state index contributed by atoms with van der Waals surface area (Å²) in [6.45, 7) is 2.22. The van der Waals surface area contributed by atoms with Crippen LogP contribution in [0.3, 0.4) is 0 Å². The summed E-state index contributed by atoms with van der Waals surface area (Å²) >= 11 is 20.2. The fourth-order valence-electron chi connectivity index (χ4n) is 3.99. The molecule has 0 unspecified atom stereocenters. The second kappa shape index (κ2) is 13.9. The van der Waals surface area contributed by atoms with Crippen molar-refractivity contribution >= 4 is 69.1 Å². The van der Waals surface area contributed by atoms with Crippen molar-refractivity contribution in [3.63, 3.8) is 0 Å². The van der Waals surface area contributed by atoms with Gasteiger partial charge in [0.2, 0.25) is 0 Å². The highest BCUT2D eigenvalue weighted by Crippen LogP contribution is 2.37. The maximum Gasteiger partial charge on any atom is 0.271 e. The van der Waals surface area contributed by atoms with E-state index in [4.69, 9.17) is 44.3 Å². The van der Waals surface area contributed by atoms with Gasteiger partial charge in [-0.2, -0.15) is 5.10 Å². The normalized spacial score (nSPS) is 11.0. The maximum absolute atomic E-state index is 12.7. The molecule has 0 aliphatic carbocycles. The molecule has 0 radical (unpaired) electrons. The average Bonchev–Trinajstić information content (AvgIpc) is 3.47. The third-order valence-corrected chi connectivity index (χ3v) is 7.89. The van der Waals surface area contributed by atoms with E-state index in [9.17, 15) is 4.79 Å². The Hall–Kier alpha value is -4.08. The molecule has 0 bridgehead atoms. The number of benzene rings is 4. The van der Waals surface area contributed by atoms with Gasteiger partial charge in [-0.05, 0) is 61.0 Å². The molecule has 0 fully saturated rings. The number of hydrogen-bond acceptors (Lipinski definition) is 7. The molecule has 5 aromatic rings. The molecule has 43 heavy (non-hydrogen) atoms. The smallest absolute Gasteiger partial charge is 0.271 e. The number of ether oxygens (including phenoxy) is 2. The Morgan fingerprint density at radius 1 is 0.977 bits per heavy atom. The first-order valence-electron chi connectivity index (χ1n) is 13.0. The van der Waals surface area contributed by atoms with Crippen molar-refractivity contribution < 1.29 is 14.3 Å². The predicted octanol–water partition coefficient (Wildman–Crippen LogP) is 9.17. The van der Waals surface area contributed by atoms with E-state index in [1.807, 2.05) is 48.7 Å². The first-order chi connectivity index (χ1) is 20.8. The number of amides is 1. The van der Waals surface area contributed by atoms with Gasteiger partial charge in [0.1, 0.15) is 6.61 Å². The molecule has 1 aromatic heterocycles. The van der Waals surface area contributed by atoms with Crippen LogP contribution < -0.4 is 20.2 Å². The average molecular weight is 652 g/mol. The predicted molar refractivity (Wildman–Crippen MR) is 176 cm³/mol. The lowest BCUT2D eigenvalue weighted by Gasteiger charge is -2.14. The zero-order valence-electron chi connectivity index (χ0n) is 23.0. The van der Waals surface area contributed by atoms with Gasteiger partial charge in [0.25, 0.3) is 5.91 Å². The van der Waals surface area contributed by atoms with Crippen LogP contribution in [0.1, 0.15) is 27.0 Å². The Kier molecular flexibility index (Phi) is 9.84. The van der Waals surface area contributed by atoms with E-state index in [1.165, 1.54) is 30.2 Å². The molecule has 7 nitrogen and oxygen atoms in total. The van der Waals surface area contributed by atoms with E-state index in [0.717, 1.165) is 27.6 Å². The molecule has 11 heteroatoms. The lowest BCUT2D eigenvalue weighted by Crippen LogP contribution is -2.17. The van der Waals surface area contributed by atoms with Crippen LogP contribution in [0, 0.1) is 6.92 Å². The molecule has 5 rings (SSSR count). The zero-order valence-corrected chi connectivity index (χ0v) is 26.1. The van der Waals surface area contributed by atoms with Gasteiger partial charge in [-0.25, -0.2) is 10.4 Å². The van der Waals surface area contributed by atoms with Crippen molar-refractivity contribution in [3.05, 3.63) is 122 Å². The monoisotopic (exact) mass is 650 g/mol. The second-order valence-electron chi connectivity index (χ2n) is 9.36. The third kappa shape index (κ3) is 7.86. The molecule has 0 atom stereocenters. The fraction of sp³-hybridized carbons (Fsp3) is 0.0938. The maximum atomic E-state index is 12.7. The van der Waals surface area contributed by atoms with Gasteiger partial charge in [-0.15, -0.1) is 11.3 Å². The highest BCUT2D eigenvalue weighted by atomic mass is 35.5. The van der Waals surface area contributed by atoms with Crippen molar-refractivity contribution in [2.24, 2.45) is 5.10 Å². The van der Waals surface area contributed by atoms with E-state index in [2.05, 4.69) is 20.8 Å². The first-order valence-corrected chi connectivity index (χ1v) is 15.0. The Bertz CT molecular complexity index is 1770. The third-order valence-electron chi connectivity index (χ3n) is 6.27. The minimum Gasteiger partial charge on any atom is -0.493 e. The zero-order chi connectivity index (χ0) is 30.3. The number of hydrazone groups is 1. The summed E-state index contributed by atoms with van der Waals surface area (Å²) < 4.78 is 11.4. The SMILES string of the molecule is COc1cc(/C=N\NC(=O)c2ccc(-c3csc(Nc4ccc(C)cc4)n3)cc2)cc(Cl)c1OCc1ccc(Cl)cc1Cl. The van der Waals surface area contributed by atoms with Crippen molar-refractivity contribution in [2.75, 3.05) is 12.4 Å². The van der Waals surface area contributed by atoms with Gasteiger partial charge in [0.05, 0.1) is 24.0 Å². The number of hydrogen-bond donors (Lipinski definition) is 2. The number of nitrogens with zero attached hydrogens (tertiary/aromatic N) is 2. The van der Waals surface area contributed by atoms with Gasteiger partial charge in [0, 0.05) is 37.8 Å². The molecule has 0 saturated heterocycles. The number of aromatic nitrogens is 1. The summed E-state index contributed by atoms with van der Waals surface area (Å²) in [5.41, 5.74) is 8.23. The van der Waals surface area contributed by atoms with Crippen molar-refractivity contribution in [1.29, 1.82) is 0 Å². The quantitative estimate of drug-likeness (QED) is 0.116.